The smallest absolute Gasteiger partial charge is 0.497 e. The first-order chi connectivity index (χ1) is 12.9. The van der Waals surface area contributed by atoms with Crippen LogP contribution in [0.1, 0.15) is 46.1 Å². The SMILES string of the molecule is COc1ccc(CC(=O)N2CCC(F)(F)CC2)cc1B1OC(C)(C)C(C)(C)O1. The first-order valence-electron chi connectivity index (χ1n) is 9.62. The predicted octanol–water partition coefficient (Wildman–Crippen LogP) is 2.79. The van der Waals surface area contributed by atoms with Gasteiger partial charge in [-0.25, -0.2) is 8.78 Å². The monoisotopic (exact) mass is 395 g/mol. The minimum absolute atomic E-state index is 0.0894. The fourth-order valence-electron chi connectivity index (χ4n) is 3.42. The van der Waals surface area contributed by atoms with Crippen molar-refractivity contribution in [2.45, 2.75) is 64.1 Å². The molecule has 1 aromatic carbocycles. The fraction of sp³-hybridized carbons (Fsp3) is 0.650. The lowest BCUT2D eigenvalue weighted by molar-refractivity contribution is -0.136. The summed E-state index contributed by atoms with van der Waals surface area (Å²) in [6.07, 6.45) is -0.414. The molecule has 0 saturated carbocycles. The summed E-state index contributed by atoms with van der Waals surface area (Å²) in [6, 6.07) is 5.44. The van der Waals surface area contributed by atoms with E-state index in [-0.39, 0.29) is 38.3 Å². The summed E-state index contributed by atoms with van der Waals surface area (Å²) >= 11 is 0. The van der Waals surface area contributed by atoms with Crippen LogP contribution in [-0.2, 0) is 20.5 Å². The summed E-state index contributed by atoms with van der Waals surface area (Å²) in [5.41, 5.74) is 0.505. The molecule has 0 bridgehead atoms. The Balaban J connectivity index is 1.76. The van der Waals surface area contributed by atoms with Crippen LogP contribution >= 0.6 is 0 Å². The lowest BCUT2D eigenvalue weighted by atomic mass is 9.77. The summed E-state index contributed by atoms with van der Waals surface area (Å²) < 4.78 is 44.3. The summed E-state index contributed by atoms with van der Waals surface area (Å²) in [7, 11) is 0.965. The lowest BCUT2D eigenvalue weighted by Gasteiger charge is -2.32. The normalized spacial score (nSPS) is 23.0. The van der Waals surface area contributed by atoms with Crippen molar-refractivity contribution >= 4 is 18.5 Å². The number of nitrogens with zero attached hydrogens (tertiary/aromatic N) is 1. The third kappa shape index (κ3) is 4.18. The Kier molecular flexibility index (Phi) is 5.49. The van der Waals surface area contributed by atoms with Gasteiger partial charge in [0.1, 0.15) is 5.75 Å². The standard InChI is InChI=1S/C20H28BF2NO4/c1-18(2)19(3,4)28-21(27-18)15-12-14(6-7-16(15)26-5)13-17(25)24-10-8-20(22,23)9-11-24/h6-7,12H,8-11,13H2,1-5H3. The third-order valence-electron chi connectivity index (χ3n) is 6.00. The number of rotatable bonds is 4. The molecule has 0 aliphatic carbocycles. The van der Waals surface area contributed by atoms with Gasteiger partial charge < -0.3 is 18.9 Å². The van der Waals surface area contributed by atoms with Crippen LogP contribution in [0.2, 0.25) is 0 Å². The van der Waals surface area contributed by atoms with Gasteiger partial charge in [0.2, 0.25) is 5.91 Å². The topological polar surface area (TPSA) is 48.0 Å². The maximum atomic E-state index is 13.3. The van der Waals surface area contributed by atoms with Gasteiger partial charge >= 0.3 is 7.12 Å². The van der Waals surface area contributed by atoms with Crippen molar-refractivity contribution in [1.29, 1.82) is 0 Å². The van der Waals surface area contributed by atoms with E-state index in [1.807, 2.05) is 39.8 Å². The summed E-state index contributed by atoms with van der Waals surface area (Å²) in [4.78, 5) is 14.1. The summed E-state index contributed by atoms with van der Waals surface area (Å²) in [5.74, 6) is -2.20. The van der Waals surface area contributed by atoms with E-state index in [9.17, 15) is 13.6 Å². The molecule has 0 radical (unpaired) electrons. The van der Waals surface area contributed by atoms with Crippen LogP contribution in [0.4, 0.5) is 8.78 Å². The number of ether oxygens (including phenoxy) is 1. The molecule has 28 heavy (non-hydrogen) atoms. The fourth-order valence-corrected chi connectivity index (χ4v) is 3.42. The molecule has 2 aliphatic rings. The van der Waals surface area contributed by atoms with Gasteiger partial charge in [0.15, 0.2) is 0 Å². The molecular weight excluding hydrogens is 367 g/mol. The Hall–Kier alpha value is -1.67. The van der Waals surface area contributed by atoms with E-state index in [2.05, 4.69) is 0 Å². The highest BCUT2D eigenvalue weighted by atomic mass is 19.3. The highest BCUT2D eigenvalue weighted by Crippen LogP contribution is 2.37. The van der Waals surface area contributed by atoms with Crippen LogP contribution in [0.3, 0.4) is 0 Å². The number of likely N-dealkylation sites (tertiary alicyclic amines) is 1. The number of carbonyl (C=O) groups excluding carboxylic acids is 1. The van der Waals surface area contributed by atoms with Gasteiger partial charge in [-0.05, 0) is 39.3 Å². The van der Waals surface area contributed by atoms with Crippen molar-refractivity contribution in [3.8, 4) is 5.75 Å². The van der Waals surface area contributed by atoms with Crippen LogP contribution in [0.25, 0.3) is 0 Å². The molecule has 2 heterocycles. The van der Waals surface area contributed by atoms with Crippen LogP contribution in [0.5, 0.6) is 5.75 Å². The van der Waals surface area contributed by atoms with E-state index < -0.39 is 24.2 Å². The first kappa shape index (κ1) is 21.1. The molecule has 2 saturated heterocycles. The van der Waals surface area contributed by atoms with Crippen molar-refractivity contribution in [2.75, 3.05) is 20.2 Å². The highest BCUT2D eigenvalue weighted by molar-refractivity contribution is 6.63. The number of carbonyl (C=O) groups is 1. The largest absolute Gasteiger partial charge is 0.498 e. The predicted molar refractivity (Wildman–Crippen MR) is 103 cm³/mol. The summed E-state index contributed by atoms with van der Waals surface area (Å²) in [5, 5.41) is 0. The van der Waals surface area contributed by atoms with Crippen molar-refractivity contribution in [3.63, 3.8) is 0 Å². The molecule has 154 valence electrons. The van der Waals surface area contributed by atoms with Gasteiger partial charge in [-0.3, -0.25) is 4.79 Å². The van der Waals surface area contributed by atoms with Crippen molar-refractivity contribution in [3.05, 3.63) is 23.8 Å². The average Bonchev–Trinajstić information content (AvgIpc) is 2.82. The quantitative estimate of drug-likeness (QED) is 0.736. The van der Waals surface area contributed by atoms with Gasteiger partial charge in [0.25, 0.3) is 5.92 Å². The number of methoxy groups -OCH3 is 1. The second-order valence-electron chi connectivity index (χ2n) is 8.58. The number of hydrogen-bond donors (Lipinski definition) is 0. The van der Waals surface area contributed by atoms with E-state index in [1.54, 1.807) is 13.2 Å². The molecule has 0 atom stereocenters. The molecule has 2 aliphatic heterocycles. The van der Waals surface area contributed by atoms with Gasteiger partial charge in [-0.2, -0.15) is 0 Å². The zero-order chi connectivity index (χ0) is 20.7. The number of alkyl halides is 2. The lowest BCUT2D eigenvalue weighted by Crippen LogP contribution is -2.43. The first-order valence-corrected chi connectivity index (χ1v) is 9.62. The molecule has 2 fully saturated rings. The van der Waals surface area contributed by atoms with E-state index in [0.29, 0.717) is 5.75 Å². The van der Waals surface area contributed by atoms with Crippen LogP contribution in [0, 0.1) is 0 Å². The van der Waals surface area contributed by atoms with E-state index >= 15 is 0 Å². The van der Waals surface area contributed by atoms with E-state index in [0.717, 1.165) is 11.0 Å². The second kappa shape index (κ2) is 7.30. The van der Waals surface area contributed by atoms with E-state index in [1.165, 1.54) is 4.90 Å². The third-order valence-corrected chi connectivity index (χ3v) is 6.00. The van der Waals surface area contributed by atoms with Gasteiger partial charge in [0, 0.05) is 31.4 Å². The second-order valence-corrected chi connectivity index (χ2v) is 8.58. The van der Waals surface area contributed by atoms with Crippen molar-refractivity contribution in [1.82, 2.24) is 4.90 Å². The number of benzene rings is 1. The maximum absolute atomic E-state index is 13.3. The minimum atomic E-state index is -2.67. The molecule has 3 rings (SSSR count). The number of piperidine rings is 1. The van der Waals surface area contributed by atoms with E-state index in [4.69, 9.17) is 14.0 Å². The number of halogens is 2. The van der Waals surface area contributed by atoms with Gasteiger partial charge in [0.05, 0.1) is 24.7 Å². The molecule has 5 nitrogen and oxygen atoms in total. The molecule has 1 aromatic rings. The van der Waals surface area contributed by atoms with Crippen LogP contribution in [0.15, 0.2) is 18.2 Å². The Morgan fingerprint density at radius 1 is 1.14 bits per heavy atom. The number of hydrogen-bond acceptors (Lipinski definition) is 4. The van der Waals surface area contributed by atoms with Crippen LogP contribution in [-0.4, -0.2) is 55.2 Å². The summed E-state index contributed by atoms with van der Waals surface area (Å²) in [6.45, 7) is 8.06. The minimum Gasteiger partial charge on any atom is -0.497 e. The molecule has 0 unspecified atom stereocenters. The molecule has 8 heteroatoms. The van der Waals surface area contributed by atoms with Crippen molar-refractivity contribution in [2.24, 2.45) is 0 Å². The molecule has 0 aromatic heterocycles. The average molecular weight is 395 g/mol. The molecule has 1 amide bonds. The highest BCUT2D eigenvalue weighted by Gasteiger charge is 2.52. The van der Waals surface area contributed by atoms with Gasteiger partial charge in [-0.1, -0.05) is 12.1 Å². The Labute approximate surface area is 165 Å². The Bertz CT molecular complexity index is 728. The number of amides is 1. The molecule has 0 N–H and O–H groups in total. The Morgan fingerprint density at radius 2 is 1.71 bits per heavy atom. The molecular formula is C20H28BF2NO4. The van der Waals surface area contributed by atoms with Crippen molar-refractivity contribution < 1.29 is 27.6 Å². The zero-order valence-electron chi connectivity index (χ0n) is 17.2. The van der Waals surface area contributed by atoms with Gasteiger partial charge in [-0.15, -0.1) is 0 Å². The van der Waals surface area contributed by atoms with Crippen LogP contribution < -0.4 is 10.2 Å². The maximum Gasteiger partial charge on any atom is 0.498 e. The Morgan fingerprint density at radius 3 is 2.25 bits per heavy atom. The zero-order valence-corrected chi connectivity index (χ0v) is 17.2. The molecule has 0 spiro atoms.